The minimum Gasteiger partial charge on any atom is -0.452 e. The van der Waals surface area contributed by atoms with Gasteiger partial charge in [-0.3, -0.25) is 19.7 Å². The standard InChI is InChI=1S/C19H23N3O5/c1-13(17(24)21-19(20)26)27-18(25)15-9-11-22(12-10-15)16(23)8-7-14-5-3-2-4-6-14/h2-8,13,15H,9-12H2,1H3,(H3,20,21,24,26)/b8-7+/t13-/m0/s1. The van der Waals surface area contributed by atoms with Crippen LogP contribution in [0.2, 0.25) is 0 Å². The lowest BCUT2D eigenvalue weighted by Crippen LogP contribution is -2.44. The number of esters is 1. The van der Waals surface area contributed by atoms with Crippen LogP contribution in [-0.4, -0.2) is 47.9 Å². The molecular formula is C19H23N3O5. The van der Waals surface area contributed by atoms with Crippen molar-refractivity contribution < 1.29 is 23.9 Å². The number of nitrogens with one attached hydrogen (secondary N) is 1. The number of benzene rings is 1. The lowest BCUT2D eigenvalue weighted by molar-refractivity contribution is -0.160. The van der Waals surface area contributed by atoms with E-state index in [1.54, 1.807) is 11.0 Å². The number of hydrogen-bond donors (Lipinski definition) is 2. The molecule has 0 unspecified atom stereocenters. The van der Waals surface area contributed by atoms with Gasteiger partial charge in [0.05, 0.1) is 5.92 Å². The molecule has 4 amide bonds. The van der Waals surface area contributed by atoms with Gasteiger partial charge in [-0.2, -0.15) is 0 Å². The highest BCUT2D eigenvalue weighted by atomic mass is 16.5. The van der Waals surface area contributed by atoms with Crippen molar-refractivity contribution in [2.75, 3.05) is 13.1 Å². The van der Waals surface area contributed by atoms with E-state index in [-0.39, 0.29) is 5.91 Å². The molecule has 1 aliphatic rings. The van der Waals surface area contributed by atoms with Crippen LogP contribution in [0.15, 0.2) is 36.4 Å². The van der Waals surface area contributed by atoms with Gasteiger partial charge in [-0.1, -0.05) is 30.3 Å². The summed E-state index contributed by atoms with van der Waals surface area (Å²) in [6, 6.07) is 8.50. The Balaban J connectivity index is 1.79. The number of rotatable bonds is 5. The minimum absolute atomic E-state index is 0.111. The summed E-state index contributed by atoms with van der Waals surface area (Å²) in [6.45, 7) is 2.22. The summed E-state index contributed by atoms with van der Waals surface area (Å²) in [6.07, 6.45) is 3.06. The molecule has 144 valence electrons. The molecule has 3 N–H and O–H groups in total. The third-order valence-electron chi connectivity index (χ3n) is 4.27. The van der Waals surface area contributed by atoms with Crippen molar-refractivity contribution in [2.24, 2.45) is 11.7 Å². The van der Waals surface area contributed by atoms with Crippen LogP contribution in [0.1, 0.15) is 25.3 Å². The molecule has 0 bridgehead atoms. The zero-order valence-corrected chi connectivity index (χ0v) is 15.1. The summed E-state index contributed by atoms with van der Waals surface area (Å²) in [4.78, 5) is 48.3. The Bertz CT molecular complexity index is 724. The van der Waals surface area contributed by atoms with Gasteiger partial charge in [0, 0.05) is 19.2 Å². The van der Waals surface area contributed by atoms with Crippen molar-refractivity contribution >= 4 is 29.9 Å². The highest BCUT2D eigenvalue weighted by Crippen LogP contribution is 2.20. The third kappa shape index (κ3) is 6.25. The van der Waals surface area contributed by atoms with Gasteiger partial charge in [-0.25, -0.2) is 4.79 Å². The summed E-state index contributed by atoms with van der Waals surface area (Å²) in [7, 11) is 0. The van der Waals surface area contributed by atoms with Crippen LogP contribution in [-0.2, 0) is 19.1 Å². The Hall–Kier alpha value is -3.16. The lowest BCUT2D eigenvalue weighted by atomic mass is 9.97. The van der Waals surface area contributed by atoms with Crippen molar-refractivity contribution in [3.8, 4) is 0 Å². The smallest absolute Gasteiger partial charge is 0.318 e. The van der Waals surface area contributed by atoms with Crippen molar-refractivity contribution in [3.63, 3.8) is 0 Å². The number of carbonyl (C=O) groups excluding carboxylic acids is 4. The highest BCUT2D eigenvalue weighted by molar-refractivity contribution is 5.96. The highest BCUT2D eigenvalue weighted by Gasteiger charge is 2.30. The van der Waals surface area contributed by atoms with E-state index in [0.29, 0.717) is 25.9 Å². The average Bonchev–Trinajstić information content (AvgIpc) is 2.66. The maximum atomic E-state index is 12.2. The Morgan fingerprint density at radius 3 is 2.41 bits per heavy atom. The number of nitrogens with zero attached hydrogens (tertiary/aromatic N) is 1. The first-order chi connectivity index (χ1) is 12.9. The molecule has 0 saturated carbocycles. The molecule has 0 radical (unpaired) electrons. The Morgan fingerprint density at radius 1 is 1.19 bits per heavy atom. The van der Waals surface area contributed by atoms with Crippen molar-refractivity contribution in [1.82, 2.24) is 10.2 Å². The summed E-state index contributed by atoms with van der Waals surface area (Å²) < 4.78 is 5.08. The zero-order chi connectivity index (χ0) is 19.8. The number of likely N-dealkylation sites (tertiary alicyclic amines) is 1. The molecule has 1 saturated heterocycles. The molecule has 2 rings (SSSR count). The topological polar surface area (TPSA) is 119 Å². The number of amides is 4. The number of hydrogen-bond acceptors (Lipinski definition) is 5. The minimum atomic E-state index is -1.11. The van der Waals surface area contributed by atoms with E-state index in [1.807, 2.05) is 35.6 Å². The van der Waals surface area contributed by atoms with Crippen LogP contribution >= 0.6 is 0 Å². The predicted octanol–water partition coefficient (Wildman–Crippen LogP) is 1.06. The van der Waals surface area contributed by atoms with Gasteiger partial charge in [-0.15, -0.1) is 0 Å². The number of imide groups is 1. The van der Waals surface area contributed by atoms with Crippen molar-refractivity contribution in [3.05, 3.63) is 42.0 Å². The number of nitrogens with two attached hydrogens (primary N) is 1. The third-order valence-corrected chi connectivity index (χ3v) is 4.27. The van der Waals surface area contributed by atoms with E-state index in [9.17, 15) is 19.2 Å². The normalized spacial score (nSPS) is 16.0. The van der Waals surface area contributed by atoms with Crippen LogP contribution in [0.5, 0.6) is 0 Å². The average molecular weight is 373 g/mol. The number of ether oxygens (including phenoxy) is 1. The van der Waals surface area contributed by atoms with Gasteiger partial charge in [-0.05, 0) is 31.4 Å². The molecule has 0 spiro atoms. The zero-order valence-electron chi connectivity index (χ0n) is 15.1. The van der Waals surface area contributed by atoms with E-state index in [2.05, 4.69) is 0 Å². The fraction of sp³-hybridized carbons (Fsp3) is 0.368. The summed E-state index contributed by atoms with van der Waals surface area (Å²) >= 11 is 0. The summed E-state index contributed by atoms with van der Waals surface area (Å²) in [5.74, 6) is -1.79. The van der Waals surface area contributed by atoms with Gasteiger partial charge < -0.3 is 15.4 Å². The molecule has 8 heteroatoms. The monoisotopic (exact) mass is 373 g/mol. The quantitative estimate of drug-likeness (QED) is 0.591. The fourth-order valence-corrected chi connectivity index (χ4v) is 2.72. The van der Waals surface area contributed by atoms with Gasteiger partial charge >= 0.3 is 12.0 Å². The van der Waals surface area contributed by atoms with Gasteiger partial charge in [0.1, 0.15) is 0 Å². The van der Waals surface area contributed by atoms with Crippen LogP contribution in [0, 0.1) is 5.92 Å². The molecule has 1 aliphatic heterocycles. The SMILES string of the molecule is C[C@H](OC(=O)C1CCN(C(=O)/C=C/c2ccccc2)CC1)C(=O)NC(N)=O. The van der Waals surface area contributed by atoms with E-state index < -0.39 is 29.9 Å². The molecule has 1 aromatic carbocycles. The number of urea groups is 1. The Labute approximate surface area is 157 Å². The second-order valence-electron chi connectivity index (χ2n) is 6.28. The second kappa shape index (κ2) is 9.51. The van der Waals surface area contributed by atoms with Crippen LogP contribution < -0.4 is 11.1 Å². The van der Waals surface area contributed by atoms with Crippen molar-refractivity contribution in [1.29, 1.82) is 0 Å². The second-order valence-corrected chi connectivity index (χ2v) is 6.28. The first kappa shape index (κ1) is 20.2. The van der Waals surface area contributed by atoms with Gasteiger partial charge in [0.2, 0.25) is 5.91 Å². The largest absolute Gasteiger partial charge is 0.452 e. The maximum Gasteiger partial charge on any atom is 0.318 e. The van der Waals surface area contributed by atoms with Gasteiger partial charge in [0.25, 0.3) is 5.91 Å². The predicted molar refractivity (Wildman–Crippen MR) is 98.1 cm³/mol. The molecular weight excluding hydrogens is 350 g/mol. The molecule has 1 atom stereocenters. The first-order valence-corrected chi connectivity index (χ1v) is 8.69. The van der Waals surface area contributed by atoms with Crippen LogP contribution in [0.25, 0.3) is 6.08 Å². The van der Waals surface area contributed by atoms with Crippen LogP contribution in [0.3, 0.4) is 0 Å². The van der Waals surface area contributed by atoms with E-state index in [0.717, 1.165) is 5.56 Å². The molecule has 1 fully saturated rings. The van der Waals surface area contributed by atoms with E-state index >= 15 is 0 Å². The number of primary amides is 1. The van der Waals surface area contributed by atoms with Gasteiger partial charge in [0.15, 0.2) is 6.10 Å². The molecule has 27 heavy (non-hydrogen) atoms. The Kier molecular flexibility index (Phi) is 7.10. The number of carbonyl (C=O) groups is 4. The van der Waals surface area contributed by atoms with E-state index in [4.69, 9.17) is 10.5 Å². The molecule has 0 aliphatic carbocycles. The fourth-order valence-electron chi connectivity index (χ4n) is 2.72. The molecule has 8 nitrogen and oxygen atoms in total. The number of piperidine rings is 1. The summed E-state index contributed by atoms with van der Waals surface area (Å²) in [5.41, 5.74) is 5.79. The molecule has 1 aromatic rings. The summed E-state index contributed by atoms with van der Waals surface area (Å²) in [5, 5.41) is 1.86. The van der Waals surface area contributed by atoms with Crippen molar-refractivity contribution in [2.45, 2.75) is 25.9 Å². The first-order valence-electron chi connectivity index (χ1n) is 8.69. The Morgan fingerprint density at radius 2 is 1.81 bits per heavy atom. The van der Waals surface area contributed by atoms with Crippen LogP contribution in [0.4, 0.5) is 4.79 Å². The molecule has 1 heterocycles. The van der Waals surface area contributed by atoms with E-state index in [1.165, 1.54) is 13.0 Å². The lowest BCUT2D eigenvalue weighted by Gasteiger charge is -2.30. The maximum absolute atomic E-state index is 12.2. The molecule has 0 aromatic heterocycles.